The minimum Gasteiger partial charge on any atom is -0.493 e. The summed E-state index contributed by atoms with van der Waals surface area (Å²) in [5, 5.41) is 0. The SMILES string of the molecule is C/C=C\C(/C(=C\CC)OCc1ccccc1)C(C)(C)C. The molecule has 0 radical (unpaired) electrons. The van der Waals surface area contributed by atoms with Crippen molar-refractivity contribution in [2.75, 3.05) is 0 Å². The number of hydrogen-bond donors (Lipinski definition) is 0. The Kier molecular flexibility index (Phi) is 6.57. The summed E-state index contributed by atoms with van der Waals surface area (Å²) in [5.74, 6) is 1.40. The van der Waals surface area contributed by atoms with Gasteiger partial charge >= 0.3 is 0 Å². The Labute approximate surface area is 124 Å². The Bertz CT molecular complexity index is 435. The molecule has 0 N–H and O–H groups in total. The normalized spacial score (nSPS) is 14.6. The van der Waals surface area contributed by atoms with Crippen molar-refractivity contribution in [3.63, 3.8) is 0 Å². The molecule has 1 aromatic rings. The van der Waals surface area contributed by atoms with Crippen molar-refractivity contribution in [3.05, 3.63) is 59.9 Å². The number of rotatable bonds is 6. The van der Waals surface area contributed by atoms with E-state index in [9.17, 15) is 0 Å². The molecule has 0 bridgehead atoms. The van der Waals surface area contributed by atoms with E-state index in [0.29, 0.717) is 12.5 Å². The molecule has 0 aliphatic carbocycles. The van der Waals surface area contributed by atoms with Gasteiger partial charge in [-0.05, 0) is 30.4 Å². The summed E-state index contributed by atoms with van der Waals surface area (Å²) in [6.07, 6.45) is 7.56. The fourth-order valence-corrected chi connectivity index (χ4v) is 2.22. The van der Waals surface area contributed by atoms with E-state index in [1.54, 1.807) is 0 Å². The van der Waals surface area contributed by atoms with Crippen molar-refractivity contribution in [2.45, 2.75) is 47.6 Å². The van der Waals surface area contributed by atoms with Crippen molar-refractivity contribution in [1.29, 1.82) is 0 Å². The third kappa shape index (κ3) is 5.24. The summed E-state index contributed by atoms with van der Waals surface area (Å²) in [7, 11) is 0. The molecular formula is C19H28O. The number of allylic oxidation sites excluding steroid dienone is 3. The quantitative estimate of drug-likeness (QED) is 0.474. The second kappa shape index (κ2) is 7.94. The van der Waals surface area contributed by atoms with Crippen LogP contribution in [0.4, 0.5) is 0 Å². The van der Waals surface area contributed by atoms with Crippen LogP contribution < -0.4 is 0 Å². The molecule has 0 fully saturated rings. The van der Waals surface area contributed by atoms with E-state index < -0.39 is 0 Å². The summed E-state index contributed by atoms with van der Waals surface area (Å²) in [4.78, 5) is 0. The Morgan fingerprint density at radius 3 is 2.35 bits per heavy atom. The van der Waals surface area contributed by atoms with Gasteiger partial charge in [-0.2, -0.15) is 0 Å². The number of benzene rings is 1. The first-order chi connectivity index (χ1) is 9.49. The van der Waals surface area contributed by atoms with Crippen molar-refractivity contribution in [1.82, 2.24) is 0 Å². The van der Waals surface area contributed by atoms with Crippen LogP contribution in [0.1, 0.15) is 46.6 Å². The Morgan fingerprint density at radius 1 is 1.20 bits per heavy atom. The molecule has 0 saturated carbocycles. The molecule has 0 heterocycles. The van der Waals surface area contributed by atoms with E-state index in [1.807, 2.05) is 6.07 Å². The van der Waals surface area contributed by atoms with Crippen molar-refractivity contribution < 1.29 is 4.74 Å². The van der Waals surface area contributed by atoms with Gasteiger partial charge in [-0.1, -0.05) is 70.2 Å². The van der Waals surface area contributed by atoms with E-state index in [-0.39, 0.29) is 5.41 Å². The third-order valence-electron chi connectivity index (χ3n) is 3.28. The Morgan fingerprint density at radius 2 is 1.85 bits per heavy atom. The monoisotopic (exact) mass is 272 g/mol. The van der Waals surface area contributed by atoms with Gasteiger partial charge in [0.25, 0.3) is 0 Å². The predicted molar refractivity (Wildman–Crippen MR) is 87.4 cm³/mol. The summed E-state index contributed by atoms with van der Waals surface area (Å²) in [6.45, 7) is 11.6. The molecule has 1 unspecified atom stereocenters. The van der Waals surface area contributed by atoms with Gasteiger partial charge in [0.15, 0.2) is 0 Å². The maximum Gasteiger partial charge on any atom is 0.113 e. The molecule has 0 aliphatic rings. The van der Waals surface area contributed by atoms with Crippen LogP contribution in [0.15, 0.2) is 54.3 Å². The minimum absolute atomic E-state index is 0.157. The van der Waals surface area contributed by atoms with E-state index >= 15 is 0 Å². The molecule has 0 amide bonds. The zero-order valence-corrected chi connectivity index (χ0v) is 13.5. The largest absolute Gasteiger partial charge is 0.493 e. The zero-order valence-electron chi connectivity index (χ0n) is 13.5. The molecule has 0 saturated heterocycles. The van der Waals surface area contributed by atoms with Gasteiger partial charge < -0.3 is 4.74 Å². The van der Waals surface area contributed by atoms with Gasteiger partial charge in [0, 0.05) is 5.92 Å². The van der Waals surface area contributed by atoms with Crippen LogP contribution in [0.2, 0.25) is 0 Å². The smallest absolute Gasteiger partial charge is 0.113 e. The molecule has 1 nitrogen and oxygen atoms in total. The van der Waals surface area contributed by atoms with Gasteiger partial charge in [0.2, 0.25) is 0 Å². The van der Waals surface area contributed by atoms with Crippen LogP contribution in [0, 0.1) is 11.3 Å². The highest BCUT2D eigenvalue weighted by Gasteiger charge is 2.26. The van der Waals surface area contributed by atoms with Crippen molar-refractivity contribution >= 4 is 0 Å². The van der Waals surface area contributed by atoms with E-state index in [0.717, 1.165) is 12.2 Å². The second-order valence-corrected chi connectivity index (χ2v) is 6.16. The lowest BCUT2D eigenvalue weighted by molar-refractivity contribution is 0.137. The van der Waals surface area contributed by atoms with Crippen molar-refractivity contribution in [3.8, 4) is 0 Å². The van der Waals surface area contributed by atoms with Crippen LogP contribution in [0.25, 0.3) is 0 Å². The third-order valence-corrected chi connectivity index (χ3v) is 3.28. The molecule has 0 spiro atoms. The Hall–Kier alpha value is -1.50. The zero-order chi connectivity index (χ0) is 15.0. The summed E-state index contributed by atoms with van der Waals surface area (Å²) in [5.41, 5.74) is 1.37. The average molecular weight is 272 g/mol. The molecule has 110 valence electrons. The standard InChI is InChI=1S/C19H28O/c1-6-11-17(19(3,4)5)18(12-7-2)20-15-16-13-9-8-10-14-16/h6,8-14,17H,7,15H2,1-5H3/b11-6-,18-12+. The van der Waals surface area contributed by atoms with Gasteiger partial charge in [0.1, 0.15) is 6.61 Å². The van der Waals surface area contributed by atoms with Crippen LogP contribution in [0.5, 0.6) is 0 Å². The molecule has 1 heteroatoms. The first kappa shape index (κ1) is 16.6. The van der Waals surface area contributed by atoms with Gasteiger partial charge in [-0.25, -0.2) is 0 Å². The molecule has 1 rings (SSSR count). The molecule has 1 atom stereocenters. The maximum absolute atomic E-state index is 6.12. The predicted octanol–water partition coefficient (Wildman–Crippen LogP) is 5.74. The van der Waals surface area contributed by atoms with Gasteiger partial charge in [-0.15, -0.1) is 0 Å². The minimum atomic E-state index is 0.157. The molecule has 0 aliphatic heterocycles. The lowest BCUT2D eigenvalue weighted by Gasteiger charge is -2.30. The maximum atomic E-state index is 6.12. The molecule has 1 aromatic carbocycles. The second-order valence-electron chi connectivity index (χ2n) is 6.16. The van der Waals surface area contributed by atoms with Crippen LogP contribution in [-0.4, -0.2) is 0 Å². The van der Waals surface area contributed by atoms with Crippen molar-refractivity contribution in [2.24, 2.45) is 11.3 Å². The van der Waals surface area contributed by atoms with E-state index in [1.165, 1.54) is 5.56 Å². The highest BCUT2D eigenvalue weighted by molar-refractivity contribution is 5.16. The molecule has 20 heavy (non-hydrogen) atoms. The molecule has 0 aromatic heterocycles. The van der Waals surface area contributed by atoms with Crippen LogP contribution in [0.3, 0.4) is 0 Å². The number of hydrogen-bond acceptors (Lipinski definition) is 1. The summed E-state index contributed by atoms with van der Waals surface area (Å²) >= 11 is 0. The first-order valence-corrected chi connectivity index (χ1v) is 7.48. The average Bonchev–Trinajstić information content (AvgIpc) is 2.41. The first-order valence-electron chi connectivity index (χ1n) is 7.48. The van der Waals surface area contributed by atoms with Gasteiger partial charge in [0.05, 0.1) is 5.76 Å². The topological polar surface area (TPSA) is 9.23 Å². The summed E-state index contributed by atoms with van der Waals surface area (Å²) < 4.78 is 6.12. The lowest BCUT2D eigenvalue weighted by atomic mass is 9.79. The fourth-order valence-electron chi connectivity index (χ4n) is 2.22. The highest BCUT2D eigenvalue weighted by Crippen LogP contribution is 2.34. The fraction of sp³-hybridized carbons (Fsp3) is 0.474. The highest BCUT2D eigenvalue weighted by atomic mass is 16.5. The van der Waals surface area contributed by atoms with E-state index in [4.69, 9.17) is 4.74 Å². The Balaban J connectivity index is 2.85. The molecular weight excluding hydrogens is 244 g/mol. The van der Waals surface area contributed by atoms with Gasteiger partial charge in [-0.3, -0.25) is 0 Å². The lowest BCUT2D eigenvalue weighted by Crippen LogP contribution is -2.22. The van der Waals surface area contributed by atoms with Crippen LogP contribution in [-0.2, 0) is 11.3 Å². The van der Waals surface area contributed by atoms with Crippen LogP contribution >= 0.6 is 0 Å². The van der Waals surface area contributed by atoms with E-state index in [2.05, 4.69) is 77.1 Å². The number of ether oxygens (including phenoxy) is 1. The summed E-state index contributed by atoms with van der Waals surface area (Å²) in [6, 6.07) is 10.3.